The molecule has 0 spiro atoms. The Hall–Kier alpha value is -1.38. The van der Waals surface area contributed by atoms with Gasteiger partial charge in [0.2, 0.25) is 0 Å². The average molecular weight is 175 g/mol. The monoisotopic (exact) mass is 175 g/mol. The van der Waals surface area contributed by atoms with Crippen LogP contribution >= 0.6 is 0 Å². The summed E-state index contributed by atoms with van der Waals surface area (Å²) < 4.78 is 1.92. The van der Waals surface area contributed by atoms with Crippen LogP contribution in [0.15, 0.2) is 18.2 Å². The molecule has 0 saturated carbocycles. The van der Waals surface area contributed by atoms with Crippen LogP contribution in [-0.4, -0.2) is 14.6 Å². The van der Waals surface area contributed by atoms with E-state index in [0.717, 1.165) is 11.5 Å². The number of hydrogen-bond donors (Lipinski definition) is 0. The van der Waals surface area contributed by atoms with E-state index in [2.05, 4.69) is 30.0 Å². The van der Waals surface area contributed by atoms with Crippen LogP contribution in [-0.2, 0) is 0 Å². The fourth-order valence-corrected chi connectivity index (χ4v) is 1.47. The second kappa shape index (κ2) is 2.83. The topological polar surface area (TPSA) is 30.2 Å². The Morgan fingerprint density at radius 1 is 1.31 bits per heavy atom. The maximum Gasteiger partial charge on any atom is 0.155 e. The highest BCUT2D eigenvalue weighted by Crippen LogP contribution is 2.14. The van der Waals surface area contributed by atoms with Gasteiger partial charge in [0.05, 0.1) is 0 Å². The summed E-state index contributed by atoms with van der Waals surface area (Å²) in [4.78, 5) is 4.31. The van der Waals surface area contributed by atoms with Crippen molar-refractivity contribution in [1.82, 2.24) is 14.6 Å². The molecule has 0 saturated heterocycles. The first-order valence-corrected chi connectivity index (χ1v) is 4.51. The molecule has 0 aliphatic rings. The van der Waals surface area contributed by atoms with E-state index >= 15 is 0 Å². The second-order valence-electron chi connectivity index (χ2n) is 3.53. The lowest BCUT2D eigenvalue weighted by molar-refractivity contribution is 0.752. The fraction of sp³-hybridized carbons (Fsp3) is 0.400. The average Bonchev–Trinajstić information content (AvgIpc) is 2.43. The lowest BCUT2D eigenvalue weighted by atomic mass is 10.1. The predicted octanol–water partition coefficient (Wildman–Crippen LogP) is 2.16. The molecule has 0 aliphatic carbocycles. The van der Waals surface area contributed by atoms with Gasteiger partial charge in [0.1, 0.15) is 5.82 Å². The Balaban J connectivity index is 2.75. The summed E-state index contributed by atoms with van der Waals surface area (Å²) >= 11 is 0. The minimum Gasteiger partial charge on any atom is -0.217 e. The van der Waals surface area contributed by atoms with Gasteiger partial charge < -0.3 is 0 Å². The Morgan fingerprint density at radius 2 is 2.08 bits per heavy atom. The largest absolute Gasteiger partial charge is 0.217 e. The molecule has 68 valence electrons. The maximum absolute atomic E-state index is 4.34. The molecule has 0 radical (unpaired) electrons. The van der Waals surface area contributed by atoms with Crippen LogP contribution in [0.4, 0.5) is 0 Å². The van der Waals surface area contributed by atoms with Crippen molar-refractivity contribution in [3.8, 4) is 0 Å². The molecule has 0 bridgehead atoms. The Morgan fingerprint density at radius 3 is 2.77 bits per heavy atom. The lowest BCUT2D eigenvalue weighted by Crippen LogP contribution is -1.99. The van der Waals surface area contributed by atoms with Gasteiger partial charge in [-0.3, -0.25) is 0 Å². The van der Waals surface area contributed by atoms with Gasteiger partial charge in [-0.15, -0.1) is 0 Å². The smallest absolute Gasteiger partial charge is 0.155 e. The minimum atomic E-state index is 0.477. The molecule has 0 unspecified atom stereocenters. The van der Waals surface area contributed by atoms with E-state index < -0.39 is 0 Å². The van der Waals surface area contributed by atoms with Crippen molar-refractivity contribution in [3.05, 3.63) is 29.7 Å². The van der Waals surface area contributed by atoms with Gasteiger partial charge >= 0.3 is 0 Å². The zero-order valence-electron chi connectivity index (χ0n) is 8.15. The molecule has 3 nitrogen and oxygen atoms in total. The van der Waals surface area contributed by atoms with Crippen LogP contribution in [0.25, 0.3) is 5.65 Å². The first-order valence-electron chi connectivity index (χ1n) is 4.51. The first-order chi connectivity index (χ1) is 6.18. The molecular weight excluding hydrogens is 162 g/mol. The zero-order valence-corrected chi connectivity index (χ0v) is 8.15. The predicted molar refractivity (Wildman–Crippen MR) is 51.8 cm³/mol. The van der Waals surface area contributed by atoms with Crippen LogP contribution in [0, 0.1) is 6.92 Å². The lowest BCUT2D eigenvalue weighted by Gasteiger charge is -2.05. The van der Waals surface area contributed by atoms with E-state index in [-0.39, 0.29) is 0 Å². The Bertz CT molecular complexity index is 429. The van der Waals surface area contributed by atoms with Crippen LogP contribution in [0.5, 0.6) is 0 Å². The van der Waals surface area contributed by atoms with Crippen molar-refractivity contribution in [1.29, 1.82) is 0 Å². The maximum atomic E-state index is 4.34. The van der Waals surface area contributed by atoms with Gasteiger partial charge in [0, 0.05) is 5.69 Å². The van der Waals surface area contributed by atoms with Crippen molar-refractivity contribution in [2.45, 2.75) is 26.7 Å². The van der Waals surface area contributed by atoms with Crippen LogP contribution in [0.2, 0.25) is 0 Å². The summed E-state index contributed by atoms with van der Waals surface area (Å²) in [5, 5.41) is 4.34. The molecular formula is C10H13N3. The SMILES string of the molecule is Cc1nc2cccc(C(C)C)n2n1. The van der Waals surface area contributed by atoms with Gasteiger partial charge in [0.15, 0.2) is 5.65 Å². The third kappa shape index (κ3) is 1.30. The number of aromatic nitrogens is 3. The van der Waals surface area contributed by atoms with E-state index in [1.807, 2.05) is 23.6 Å². The highest BCUT2D eigenvalue weighted by molar-refractivity contribution is 5.39. The van der Waals surface area contributed by atoms with E-state index in [1.54, 1.807) is 0 Å². The summed E-state index contributed by atoms with van der Waals surface area (Å²) in [5.74, 6) is 1.30. The van der Waals surface area contributed by atoms with Crippen LogP contribution in [0.3, 0.4) is 0 Å². The number of pyridine rings is 1. The quantitative estimate of drug-likeness (QED) is 0.664. The normalized spacial score (nSPS) is 11.4. The molecule has 2 aromatic rings. The zero-order chi connectivity index (χ0) is 9.42. The van der Waals surface area contributed by atoms with E-state index in [4.69, 9.17) is 0 Å². The van der Waals surface area contributed by atoms with Crippen molar-refractivity contribution < 1.29 is 0 Å². The number of rotatable bonds is 1. The van der Waals surface area contributed by atoms with Crippen LogP contribution in [0.1, 0.15) is 31.3 Å². The Kier molecular flexibility index (Phi) is 1.79. The van der Waals surface area contributed by atoms with E-state index in [1.165, 1.54) is 5.69 Å². The van der Waals surface area contributed by atoms with Gasteiger partial charge in [-0.1, -0.05) is 19.9 Å². The summed E-state index contributed by atoms with van der Waals surface area (Å²) in [6, 6.07) is 6.09. The highest BCUT2D eigenvalue weighted by Gasteiger charge is 2.06. The summed E-state index contributed by atoms with van der Waals surface area (Å²) in [7, 11) is 0. The van der Waals surface area contributed by atoms with Gasteiger partial charge in [-0.25, -0.2) is 9.50 Å². The van der Waals surface area contributed by atoms with Crippen molar-refractivity contribution >= 4 is 5.65 Å². The molecule has 0 N–H and O–H groups in total. The summed E-state index contributed by atoms with van der Waals surface area (Å²) in [6.45, 7) is 6.23. The second-order valence-corrected chi connectivity index (χ2v) is 3.53. The fourth-order valence-electron chi connectivity index (χ4n) is 1.47. The molecule has 0 aromatic carbocycles. The third-order valence-electron chi connectivity index (χ3n) is 2.09. The third-order valence-corrected chi connectivity index (χ3v) is 2.09. The van der Waals surface area contributed by atoms with Gasteiger partial charge in [-0.2, -0.15) is 5.10 Å². The Labute approximate surface area is 77.4 Å². The molecule has 2 aromatic heterocycles. The van der Waals surface area contributed by atoms with E-state index in [9.17, 15) is 0 Å². The molecule has 13 heavy (non-hydrogen) atoms. The van der Waals surface area contributed by atoms with E-state index in [0.29, 0.717) is 5.92 Å². The molecule has 0 aliphatic heterocycles. The molecule has 2 rings (SSSR count). The standard InChI is InChI=1S/C10H13N3/c1-7(2)9-5-4-6-10-11-8(3)12-13(9)10/h4-7H,1-3H3. The van der Waals surface area contributed by atoms with Gasteiger partial charge in [-0.05, 0) is 25.0 Å². The highest BCUT2D eigenvalue weighted by atomic mass is 15.3. The first kappa shape index (κ1) is 8.23. The van der Waals surface area contributed by atoms with Crippen molar-refractivity contribution in [2.75, 3.05) is 0 Å². The summed E-state index contributed by atoms with van der Waals surface area (Å²) in [6.07, 6.45) is 0. The van der Waals surface area contributed by atoms with Crippen LogP contribution < -0.4 is 0 Å². The molecule has 0 fully saturated rings. The van der Waals surface area contributed by atoms with Crippen molar-refractivity contribution in [2.24, 2.45) is 0 Å². The molecule has 0 amide bonds. The molecule has 0 atom stereocenters. The molecule has 2 heterocycles. The number of aryl methyl sites for hydroxylation is 1. The number of hydrogen-bond acceptors (Lipinski definition) is 2. The van der Waals surface area contributed by atoms with Gasteiger partial charge in [0.25, 0.3) is 0 Å². The van der Waals surface area contributed by atoms with Crippen molar-refractivity contribution in [3.63, 3.8) is 0 Å². The number of fused-ring (bicyclic) bond motifs is 1. The molecule has 3 heteroatoms. The summed E-state index contributed by atoms with van der Waals surface area (Å²) in [5.41, 5.74) is 2.14. The number of nitrogens with zero attached hydrogens (tertiary/aromatic N) is 3. The minimum absolute atomic E-state index is 0.477.